The Kier molecular flexibility index (Phi) is 3.67. The number of benzene rings is 1. The highest BCUT2D eigenvalue weighted by Crippen LogP contribution is 2.15. The summed E-state index contributed by atoms with van der Waals surface area (Å²) in [5.74, 6) is 0. The van der Waals surface area contributed by atoms with Crippen LogP contribution < -0.4 is 0 Å². The zero-order valence-electron chi connectivity index (χ0n) is 10.4. The van der Waals surface area contributed by atoms with E-state index in [4.69, 9.17) is 0 Å². The topological polar surface area (TPSA) is 49.9 Å². The van der Waals surface area contributed by atoms with Crippen molar-refractivity contribution in [1.82, 2.24) is 4.98 Å². The highest BCUT2D eigenvalue weighted by atomic mass is 32.2. The SMILES string of the molecule is Cc1ccc(C)c(Cc2ccc[nH]c2=S(=O)=O)c1. The van der Waals surface area contributed by atoms with Crippen LogP contribution in [0.25, 0.3) is 0 Å². The Balaban J connectivity index is 2.54. The van der Waals surface area contributed by atoms with Gasteiger partial charge in [0.2, 0.25) is 10.3 Å². The van der Waals surface area contributed by atoms with Crippen molar-refractivity contribution in [1.29, 1.82) is 0 Å². The molecular formula is C14H15NO2S. The minimum Gasteiger partial charge on any atom is -0.349 e. The fraction of sp³-hybridized carbons (Fsp3) is 0.214. The van der Waals surface area contributed by atoms with Gasteiger partial charge in [0.15, 0.2) is 4.64 Å². The summed E-state index contributed by atoms with van der Waals surface area (Å²) >= 11 is 0. The van der Waals surface area contributed by atoms with Gasteiger partial charge in [-0.3, -0.25) is 0 Å². The van der Waals surface area contributed by atoms with Crippen molar-refractivity contribution >= 4 is 10.3 Å². The van der Waals surface area contributed by atoms with E-state index in [0.717, 1.165) is 11.1 Å². The van der Waals surface area contributed by atoms with Crippen LogP contribution in [-0.2, 0) is 16.7 Å². The molecule has 0 bridgehead atoms. The van der Waals surface area contributed by atoms with Crippen molar-refractivity contribution in [3.8, 4) is 0 Å². The Morgan fingerprint density at radius 3 is 2.61 bits per heavy atom. The predicted molar refractivity (Wildman–Crippen MR) is 71.7 cm³/mol. The Morgan fingerprint density at radius 2 is 1.89 bits per heavy atom. The van der Waals surface area contributed by atoms with E-state index in [1.807, 2.05) is 26.0 Å². The smallest absolute Gasteiger partial charge is 0.238 e. The van der Waals surface area contributed by atoms with E-state index in [-0.39, 0.29) is 4.64 Å². The van der Waals surface area contributed by atoms with Crippen LogP contribution in [0.1, 0.15) is 22.3 Å². The monoisotopic (exact) mass is 261 g/mol. The van der Waals surface area contributed by atoms with Gasteiger partial charge in [0, 0.05) is 12.6 Å². The molecule has 1 aromatic carbocycles. The number of aromatic nitrogens is 1. The molecule has 0 saturated heterocycles. The van der Waals surface area contributed by atoms with Gasteiger partial charge in [0.05, 0.1) is 0 Å². The van der Waals surface area contributed by atoms with Crippen molar-refractivity contribution < 1.29 is 8.42 Å². The summed E-state index contributed by atoms with van der Waals surface area (Å²) in [6.45, 7) is 4.07. The lowest BCUT2D eigenvalue weighted by Gasteiger charge is -2.07. The second-order valence-electron chi connectivity index (χ2n) is 4.37. The molecule has 0 aliphatic rings. The van der Waals surface area contributed by atoms with Crippen LogP contribution >= 0.6 is 0 Å². The molecule has 0 atom stereocenters. The molecule has 2 rings (SSSR count). The minimum absolute atomic E-state index is 0.262. The van der Waals surface area contributed by atoms with Gasteiger partial charge < -0.3 is 4.98 Å². The van der Waals surface area contributed by atoms with Crippen LogP contribution in [0, 0.1) is 18.5 Å². The largest absolute Gasteiger partial charge is 0.349 e. The van der Waals surface area contributed by atoms with E-state index in [0.29, 0.717) is 6.42 Å². The van der Waals surface area contributed by atoms with Gasteiger partial charge >= 0.3 is 0 Å². The number of aryl methyl sites for hydroxylation is 2. The molecule has 0 aliphatic heterocycles. The summed E-state index contributed by atoms with van der Waals surface area (Å²) < 4.78 is 22.5. The van der Waals surface area contributed by atoms with Gasteiger partial charge in [-0.25, -0.2) is 0 Å². The molecule has 3 nitrogen and oxygen atoms in total. The molecule has 2 aromatic rings. The molecule has 4 heteroatoms. The molecule has 1 heterocycles. The fourth-order valence-electron chi connectivity index (χ4n) is 1.95. The molecule has 1 aromatic heterocycles. The van der Waals surface area contributed by atoms with Crippen LogP contribution in [-0.4, -0.2) is 13.4 Å². The third kappa shape index (κ3) is 2.71. The van der Waals surface area contributed by atoms with Crippen molar-refractivity contribution in [3.63, 3.8) is 0 Å². The number of H-pyrrole nitrogens is 1. The zero-order valence-corrected chi connectivity index (χ0v) is 11.2. The Labute approximate surface area is 108 Å². The van der Waals surface area contributed by atoms with E-state index in [1.165, 1.54) is 11.1 Å². The number of nitrogens with one attached hydrogen (secondary N) is 1. The summed E-state index contributed by atoms with van der Waals surface area (Å²) in [6.07, 6.45) is 2.24. The summed E-state index contributed by atoms with van der Waals surface area (Å²) in [4.78, 5) is 2.78. The fourth-order valence-corrected chi connectivity index (χ4v) is 2.47. The second kappa shape index (κ2) is 5.23. The van der Waals surface area contributed by atoms with E-state index in [9.17, 15) is 8.42 Å². The lowest BCUT2D eigenvalue weighted by molar-refractivity contribution is 0.624. The lowest BCUT2D eigenvalue weighted by atomic mass is 10.00. The highest BCUT2D eigenvalue weighted by Gasteiger charge is 2.03. The summed E-state index contributed by atoms with van der Waals surface area (Å²) in [7, 11) is -2.23. The first-order valence-electron chi connectivity index (χ1n) is 5.73. The van der Waals surface area contributed by atoms with E-state index in [2.05, 4.69) is 23.2 Å². The molecule has 0 fully saturated rings. The van der Waals surface area contributed by atoms with Crippen molar-refractivity contribution in [2.45, 2.75) is 20.3 Å². The standard InChI is InChI=1S/C14H15NO2S/c1-10-5-6-11(2)13(8-10)9-12-4-3-7-15-14(12)18(16)17/h3-8,15H,9H2,1-2H3. The first kappa shape index (κ1) is 12.6. The first-order valence-corrected chi connectivity index (χ1v) is 6.80. The van der Waals surface area contributed by atoms with Crippen LogP contribution in [0.15, 0.2) is 36.5 Å². The summed E-state index contributed by atoms with van der Waals surface area (Å²) in [5.41, 5.74) is 4.30. The van der Waals surface area contributed by atoms with E-state index in [1.54, 1.807) is 6.20 Å². The minimum atomic E-state index is -2.23. The maximum absolute atomic E-state index is 11.1. The maximum atomic E-state index is 11.1. The van der Waals surface area contributed by atoms with Crippen LogP contribution in [0.5, 0.6) is 0 Å². The molecular weight excluding hydrogens is 246 g/mol. The normalized spacial score (nSPS) is 10.3. The average molecular weight is 261 g/mol. The van der Waals surface area contributed by atoms with E-state index < -0.39 is 10.3 Å². The molecule has 0 spiro atoms. The summed E-state index contributed by atoms with van der Waals surface area (Å²) in [5, 5.41) is 0. The Bertz CT molecular complexity index is 734. The number of rotatable bonds is 2. The quantitative estimate of drug-likeness (QED) is 0.845. The molecule has 18 heavy (non-hydrogen) atoms. The number of pyridine rings is 1. The Hall–Kier alpha value is -1.81. The lowest BCUT2D eigenvalue weighted by Crippen LogP contribution is -1.95. The molecule has 0 saturated carbocycles. The molecule has 94 valence electrons. The van der Waals surface area contributed by atoms with Gasteiger partial charge in [0.25, 0.3) is 0 Å². The predicted octanol–water partition coefficient (Wildman–Crippen LogP) is 2.63. The second-order valence-corrected chi connectivity index (χ2v) is 5.24. The van der Waals surface area contributed by atoms with Gasteiger partial charge in [-0.05, 0) is 36.6 Å². The third-order valence-electron chi connectivity index (χ3n) is 2.95. The van der Waals surface area contributed by atoms with Gasteiger partial charge in [-0.2, -0.15) is 8.42 Å². The van der Waals surface area contributed by atoms with Crippen molar-refractivity contribution in [2.24, 2.45) is 0 Å². The van der Waals surface area contributed by atoms with Gasteiger partial charge in [-0.15, -0.1) is 0 Å². The summed E-state index contributed by atoms with van der Waals surface area (Å²) in [6, 6.07) is 9.87. The number of hydrogen-bond acceptors (Lipinski definition) is 2. The van der Waals surface area contributed by atoms with Crippen LogP contribution in [0.4, 0.5) is 0 Å². The van der Waals surface area contributed by atoms with Crippen molar-refractivity contribution in [2.75, 3.05) is 0 Å². The molecule has 0 amide bonds. The highest BCUT2D eigenvalue weighted by molar-refractivity contribution is 7.63. The maximum Gasteiger partial charge on any atom is 0.238 e. The molecule has 0 unspecified atom stereocenters. The number of aromatic amines is 1. The molecule has 1 N–H and O–H groups in total. The van der Waals surface area contributed by atoms with Crippen LogP contribution in [0.3, 0.4) is 0 Å². The molecule has 0 radical (unpaired) electrons. The molecule has 0 aliphatic carbocycles. The van der Waals surface area contributed by atoms with Gasteiger partial charge in [0.1, 0.15) is 0 Å². The first-order chi connectivity index (χ1) is 8.58. The van der Waals surface area contributed by atoms with Gasteiger partial charge in [-0.1, -0.05) is 29.8 Å². The zero-order chi connectivity index (χ0) is 13.1. The Morgan fingerprint density at radius 1 is 1.11 bits per heavy atom. The number of hydrogen-bond donors (Lipinski definition) is 1. The van der Waals surface area contributed by atoms with Crippen molar-refractivity contribution in [3.05, 3.63) is 63.4 Å². The average Bonchev–Trinajstić information content (AvgIpc) is 2.34. The third-order valence-corrected chi connectivity index (χ3v) is 3.67. The van der Waals surface area contributed by atoms with Crippen LogP contribution in [0.2, 0.25) is 0 Å². The van der Waals surface area contributed by atoms with E-state index >= 15 is 0 Å².